The van der Waals surface area contributed by atoms with Gasteiger partial charge in [-0.3, -0.25) is 0 Å². The van der Waals surface area contributed by atoms with Gasteiger partial charge in [0, 0.05) is 26.7 Å². The van der Waals surface area contributed by atoms with Gasteiger partial charge in [-0.15, -0.1) is 0 Å². The molecule has 0 aromatic heterocycles. The maximum atomic E-state index is 5.02. The molecule has 3 nitrogen and oxygen atoms in total. The summed E-state index contributed by atoms with van der Waals surface area (Å²) < 4.78 is 5.02. The molecule has 2 rings (SSSR count). The largest absolute Gasteiger partial charge is 0.383 e. The second-order valence-electron chi connectivity index (χ2n) is 5.74. The lowest BCUT2D eigenvalue weighted by atomic mass is 10.3. The van der Waals surface area contributed by atoms with Crippen molar-refractivity contribution in [1.29, 1.82) is 0 Å². The minimum Gasteiger partial charge on any atom is -0.383 e. The van der Waals surface area contributed by atoms with E-state index in [9.17, 15) is 0 Å². The minimum atomic E-state index is 0.827. The highest BCUT2D eigenvalue weighted by atomic mass is 16.5. The van der Waals surface area contributed by atoms with Gasteiger partial charge in [0.05, 0.1) is 6.61 Å². The number of hydrogen-bond donors (Lipinski definition) is 1. The highest BCUT2D eigenvalue weighted by molar-refractivity contribution is 4.82. The molecule has 1 N–H and O–H groups in total. The molecule has 2 aliphatic carbocycles. The van der Waals surface area contributed by atoms with Crippen LogP contribution < -0.4 is 5.32 Å². The molecule has 0 heterocycles. The first-order valence-corrected chi connectivity index (χ1v) is 7.30. The Morgan fingerprint density at radius 3 is 2.24 bits per heavy atom. The molecule has 2 aliphatic rings. The van der Waals surface area contributed by atoms with E-state index >= 15 is 0 Å². The van der Waals surface area contributed by atoms with Crippen molar-refractivity contribution in [2.24, 2.45) is 11.8 Å². The number of rotatable bonds is 11. The van der Waals surface area contributed by atoms with Crippen LogP contribution in [0.2, 0.25) is 0 Å². The van der Waals surface area contributed by atoms with Gasteiger partial charge < -0.3 is 15.0 Å². The van der Waals surface area contributed by atoms with E-state index in [1.165, 1.54) is 51.7 Å². The van der Waals surface area contributed by atoms with Crippen LogP contribution in [0.5, 0.6) is 0 Å². The van der Waals surface area contributed by atoms with E-state index in [2.05, 4.69) is 10.2 Å². The zero-order valence-electron chi connectivity index (χ0n) is 11.3. The lowest BCUT2D eigenvalue weighted by Gasteiger charge is -2.22. The first-order chi connectivity index (χ1) is 8.38. The Hall–Kier alpha value is -0.120. The fraction of sp³-hybridized carbons (Fsp3) is 1.00. The maximum Gasteiger partial charge on any atom is 0.0587 e. The van der Waals surface area contributed by atoms with E-state index in [-0.39, 0.29) is 0 Å². The molecule has 0 aliphatic heterocycles. The Morgan fingerprint density at radius 1 is 1.06 bits per heavy atom. The SMILES string of the molecule is COCCNCCCN(CC1CC1)CC1CC1. The lowest BCUT2D eigenvalue weighted by molar-refractivity contribution is 0.198. The first-order valence-electron chi connectivity index (χ1n) is 7.30. The van der Waals surface area contributed by atoms with Crippen molar-refractivity contribution in [3.05, 3.63) is 0 Å². The summed E-state index contributed by atoms with van der Waals surface area (Å²) in [5, 5.41) is 3.43. The first kappa shape index (κ1) is 13.3. The van der Waals surface area contributed by atoms with Gasteiger partial charge in [-0.05, 0) is 57.0 Å². The predicted octanol–water partition coefficient (Wildman–Crippen LogP) is 1.73. The molecule has 17 heavy (non-hydrogen) atoms. The quantitative estimate of drug-likeness (QED) is 0.557. The molecule has 0 spiro atoms. The number of hydrogen-bond acceptors (Lipinski definition) is 3. The zero-order valence-corrected chi connectivity index (χ0v) is 11.3. The van der Waals surface area contributed by atoms with Crippen molar-refractivity contribution < 1.29 is 4.74 Å². The second-order valence-corrected chi connectivity index (χ2v) is 5.74. The van der Waals surface area contributed by atoms with Crippen molar-refractivity contribution >= 4 is 0 Å². The lowest BCUT2D eigenvalue weighted by Crippen LogP contribution is -2.31. The van der Waals surface area contributed by atoms with Gasteiger partial charge in [0.1, 0.15) is 0 Å². The number of nitrogens with zero attached hydrogens (tertiary/aromatic N) is 1. The predicted molar refractivity (Wildman–Crippen MR) is 71.3 cm³/mol. The summed E-state index contributed by atoms with van der Waals surface area (Å²) in [6.07, 6.45) is 7.20. The number of methoxy groups -OCH3 is 1. The Morgan fingerprint density at radius 2 is 1.71 bits per heavy atom. The summed E-state index contributed by atoms with van der Waals surface area (Å²) in [7, 11) is 1.76. The van der Waals surface area contributed by atoms with Crippen LogP contribution in [0.25, 0.3) is 0 Å². The van der Waals surface area contributed by atoms with Crippen molar-refractivity contribution in [2.75, 3.05) is 46.4 Å². The molecular formula is C14H28N2O. The van der Waals surface area contributed by atoms with Crippen molar-refractivity contribution in [3.8, 4) is 0 Å². The van der Waals surface area contributed by atoms with E-state index in [4.69, 9.17) is 4.74 Å². The monoisotopic (exact) mass is 240 g/mol. The minimum absolute atomic E-state index is 0.827. The normalized spacial score (nSPS) is 20.1. The molecule has 2 fully saturated rings. The van der Waals surface area contributed by atoms with Crippen molar-refractivity contribution in [3.63, 3.8) is 0 Å². The van der Waals surface area contributed by atoms with Crippen molar-refractivity contribution in [2.45, 2.75) is 32.1 Å². The van der Waals surface area contributed by atoms with Crippen LogP contribution in [-0.4, -0.2) is 51.3 Å². The molecule has 0 bridgehead atoms. The van der Waals surface area contributed by atoms with Gasteiger partial charge in [0.15, 0.2) is 0 Å². The summed E-state index contributed by atoms with van der Waals surface area (Å²) in [4.78, 5) is 2.72. The molecule has 0 radical (unpaired) electrons. The summed E-state index contributed by atoms with van der Waals surface area (Å²) in [6, 6.07) is 0. The van der Waals surface area contributed by atoms with Crippen LogP contribution in [0.3, 0.4) is 0 Å². The van der Waals surface area contributed by atoms with E-state index < -0.39 is 0 Å². The fourth-order valence-electron chi connectivity index (χ4n) is 2.32. The van der Waals surface area contributed by atoms with Crippen LogP contribution >= 0.6 is 0 Å². The van der Waals surface area contributed by atoms with Crippen LogP contribution in [-0.2, 0) is 4.74 Å². The highest BCUT2D eigenvalue weighted by Crippen LogP contribution is 2.33. The molecule has 0 amide bonds. The van der Waals surface area contributed by atoms with Gasteiger partial charge in [-0.25, -0.2) is 0 Å². The van der Waals surface area contributed by atoms with E-state index in [1.807, 2.05) is 0 Å². The standard InChI is InChI=1S/C14H28N2O/c1-17-10-8-15-7-2-9-16(11-13-3-4-13)12-14-5-6-14/h13-15H,2-12H2,1H3. The molecule has 2 saturated carbocycles. The van der Waals surface area contributed by atoms with Gasteiger partial charge in [-0.1, -0.05) is 0 Å². The van der Waals surface area contributed by atoms with Crippen LogP contribution in [0.1, 0.15) is 32.1 Å². The molecule has 3 heteroatoms. The molecule has 0 saturated heterocycles. The van der Waals surface area contributed by atoms with Gasteiger partial charge in [0.2, 0.25) is 0 Å². The Bertz CT molecular complexity index is 188. The zero-order chi connectivity index (χ0) is 11.9. The molecule has 100 valence electrons. The van der Waals surface area contributed by atoms with Gasteiger partial charge in [-0.2, -0.15) is 0 Å². The van der Waals surface area contributed by atoms with Crippen LogP contribution in [0.15, 0.2) is 0 Å². The third-order valence-corrected chi connectivity index (χ3v) is 3.74. The topological polar surface area (TPSA) is 24.5 Å². The van der Waals surface area contributed by atoms with Gasteiger partial charge in [0.25, 0.3) is 0 Å². The Labute approximate surface area is 106 Å². The second kappa shape index (κ2) is 7.34. The van der Waals surface area contributed by atoms with E-state index in [0.717, 1.165) is 31.5 Å². The average Bonchev–Trinajstić information content (AvgIpc) is 3.18. The Balaban J connectivity index is 1.49. The average molecular weight is 240 g/mol. The van der Waals surface area contributed by atoms with E-state index in [1.54, 1.807) is 7.11 Å². The summed E-state index contributed by atoms with van der Waals surface area (Å²) in [5.74, 6) is 2.07. The molecule has 0 aromatic carbocycles. The summed E-state index contributed by atoms with van der Waals surface area (Å²) >= 11 is 0. The molecular weight excluding hydrogens is 212 g/mol. The third kappa shape index (κ3) is 6.39. The molecule has 0 unspecified atom stereocenters. The number of nitrogens with one attached hydrogen (secondary N) is 1. The number of ether oxygens (including phenoxy) is 1. The smallest absolute Gasteiger partial charge is 0.0587 e. The third-order valence-electron chi connectivity index (χ3n) is 3.74. The van der Waals surface area contributed by atoms with Crippen LogP contribution in [0.4, 0.5) is 0 Å². The summed E-state index contributed by atoms with van der Waals surface area (Å²) in [6.45, 7) is 6.97. The Kier molecular flexibility index (Phi) is 5.75. The highest BCUT2D eigenvalue weighted by Gasteiger charge is 2.28. The maximum absolute atomic E-state index is 5.02. The fourth-order valence-corrected chi connectivity index (χ4v) is 2.32. The molecule has 0 atom stereocenters. The summed E-state index contributed by atoms with van der Waals surface area (Å²) in [5.41, 5.74) is 0. The van der Waals surface area contributed by atoms with Gasteiger partial charge >= 0.3 is 0 Å². The van der Waals surface area contributed by atoms with Crippen molar-refractivity contribution in [1.82, 2.24) is 10.2 Å². The van der Waals surface area contributed by atoms with E-state index in [0.29, 0.717) is 0 Å². The molecule has 0 aromatic rings. The van der Waals surface area contributed by atoms with Crippen LogP contribution in [0, 0.1) is 11.8 Å².